The second-order valence-electron chi connectivity index (χ2n) is 7.36. The summed E-state index contributed by atoms with van der Waals surface area (Å²) in [7, 11) is 0. The van der Waals surface area contributed by atoms with Crippen LogP contribution < -0.4 is 0 Å². The van der Waals surface area contributed by atoms with E-state index in [0.717, 1.165) is 78.3 Å². The van der Waals surface area contributed by atoms with Gasteiger partial charge in [0.15, 0.2) is 0 Å². The van der Waals surface area contributed by atoms with Gasteiger partial charge in [-0.05, 0) is 39.0 Å². The third kappa shape index (κ3) is 8.44. The minimum Gasteiger partial charge on any atom is -0.481 e. The number of carboxylic acids is 2. The lowest BCUT2D eigenvalue weighted by molar-refractivity contribution is -0.138. The highest BCUT2D eigenvalue weighted by atomic mass is 16.4. The Bertz CT molecular complexity index is 409. The lowest BCUT2D eigenvalue weighted by atomic mass is 10.2. The molecule has 2 aliphatic heterocycles. The molecule has 2 aliphatic rings. The molecule has 0 saturated carbocycles. The van der Waals surface area contributed by atoms with Crippen molar-refractivity contribution in [2.75, 3.05) is 78.5 Å². The SMILES string of the molecule is O=C(O)CCN1CCCN2CCN(CCC(=O)O)CCCN(CC1)CC2. The van der Waals surface area contributed by atoms with Crippen LogP contribution in [-0.4, -0.2) is 120 Å². The average molecular weight is 370 g/mol. The van der Waals surface area contributed by atoms with E-state index in [9.17, 15) is 9.59 Å². The van der Waals surface area contributed by atoms with Gasteiger partial charge in [0.1, 0.15) is 0 Å². The summed E-state index contributed by atoms with van der Waals surface area (Å²) < 4.78 is 0. The van der Waals surface area contributed by atoms with Crippen LogP contribution in [0.2, 0.25) is 0 Å². The molecule has 0 aromatic rings. The Hall–Kier alpha value is -1.22. The number of hydrogen-bond acceptors (Lipinski definition) is 6. The number of fused-ring (bicyclic) bond motifs is 3. The Morgan fingerprint density at radius 1 is 0.577 bits per heavy atom. The van der Waals surface area contributed by atoms with Crippen molar-refractivity contribution in [2.24, 2.45) is 0 Å². The number of nitrogens with zero attached hydrogens (tertiary/aromatic N) is 4. The fraction of sp³-hybridized carbons (Fsp3) is 0.889. The van der Waals surface area contributed by atoms with E-state index in [2.05, 4.69) is 19.6 Å². The molecule has 8 nitrogen and oxygen atoms in total. The molecule has 8 heteroatoms. The summed E-state index contributed by atoms with van der Waals surface area (Å²) in [5, 5.41) is 17.9. The lowest BCUT2D eigenvalue weighted by Gasteiger charge is -2.35. The van der Waals surface area contributed by atoms with Crippen molar-refractivity contribution in [3.05, 3.63) is 0 Å². The Balaban J connectivity index is 1.91. The van der Waals surface area contributed by atoms with Crippen molar-refractivity contribution in [1.82, 2.24) is 19.6 Å². The Morgan fingerprint density at radius 2 is 0.962 bits per heavy atom. The van der Waals surface area contributed by atoms with Crippen molar-refractivity contribution < 1.29 is 19.8 Å². The lowest BCUT2D eigenvalue weighted by Crippen LogP contribution is -2.47. The van der Waals surface area contributed by atoms with Gasteiger partial charge in [-0.2, -0.15) is 0 Å². The third-order valence-corrected chi connectivity index (χ3v) is 5.38. The van der Waals surface area contributed by atoms with E-state index >= 15 is 0 Å². The van der Waals surface area contributed by atoms with E-state index in [-0.39, 0.29) is 12.8 Å². The maximum atomic E-state index is 10.9. The smallest absolute Gasteiger partial charge is 0.304 e. The zero-order chi connectivity index (χ0) is 18.8. The van der Waals surface area contributed by atoms with Gasteiger partial charge >= 0.3 is 11.9 Å². The molecule has 0 amide bonds. The summed E-state index contributed by atoms with van der Waals surface area (Å²) in [6.07, 6.45) is 2.52. The first-order valence-corrected chi connectivity index (χ1v) is 9.86. The zero-order valence-electron chi connectivity index (χ0n) is 15.8. The van der Waals surface area contributed by atoms with Gasteiger partial charge in [0.25, 0.3) is 0 Å². The summed E-state index contributed by atoms with van der Waals surface area (Å²) in [5.74, 6) is -1.45. The second kappa shape index (κ2) is 11.5. The Morgan fingerprint density at radius 3 is 1.35 bits per heavy atom. The van der Waals surface area contributed by atoms with Crippen molar-refractivity contribution in [3.63, 3.8) is 0 Å². The van der Waals surface area contributed by atoms with Crippen molar-refractivity contribution in [2.45, 2.75) is 25.7 Å². The molecule has 0 aromatic heterocycles. The predicted octanol–water partition coefficient (Wildman–Crippen LogP) is -0.0488. The molecule has 2 N–H and O–H groups in total. The van der Waals surface area contributed by atoms with E-state index in [0.29, 0.717) is 13.1 Å². The molecule has 2 heterocycles. The fourth-order valence-corrected chi connectivity index (χ4v) is 3.73. The molecule has 2 rings (SSSR count). The molecule has 2 fully saturated rings. The third-order valence-electron chi connectivity index (χ3n) is 5.38. The first-order chi connectivity index (χ1) is 12.5. The Labute approximate surface area is 156 Å². The van der Waals surface area contributed by atoms with Crippen molar-refractivity contribution >= 4 is 11.9 Å². The summed E-state index contributed by atoms with van der Waals surface area (Å²) >= 11 is 0. The highest BCUT2D eigenvalue weighted by molar-refractivity contribution is 5.67. The number of hydrogen-bond donors (Lipinski definition) is 2. The quantitative estimate of drug-likeness (QED) is 0.673. The number of rotatable bonds is 6. The summed E-state index contributed by atoms with van der Waals surface area (Å²) in [6, 6.07) is 0. The van der Waals surface area contributed by atoms with Gasteiger partial charge < -0.3 is 29.8 Å². The van der Waals surface area contributed by atoms with Crippen LogP contribution in [0.3, 0.4) is 0 Å². The van der Waals surface area contributed by atoms with Gasteiger partial charge in [-0.25, -0.2) is 0 Å². The molecular formula is C18H34N4O4. The minimum absolute atomic E-state index is 0.211. The second-order valence-corrected chi connectivity index (χ2v) is 7.36. The van der Waals surface area contributed by atoms with Gasteiger partial charge in [-0.15, -0.1) is 0 Å². The molecule has 0 spiro atoms. The topological polar surface area (TPSA) is 87.6 Å². The summed E-state index contributed by atoms with van der Waals surface area (Å²) in [5.41, 5.74) is 0. The van der Waals surface area contributed by atoms with Crippen LogP contribution in [0.15, 0.2) is 0 Å². The fourth-order valence-electron chi connectivity index (χ4n) is 3.73. The summed E-state index contributed by atoms with van der Waals surface area (Å²) in [4.78, 5) is 31.3. The molecule has 2 unspecified atom stereocenters. The van der Waals surface area contributed by atoms with Crippen LogP contribution >= 0.6 is 0 Å². The largest absolute Gasteiger partial charge is 0.481 e. The van der Waals surface area contributed by atoms with E-state index in [1.54, 1.807) is 0 Å². The van der Waals surface area contributed by atoms with Crippen molar-refractivity contribution in [1.29, 1.82) is 0 Å². The van der Waals surface area contributed by atoms with Crippen LogP contribution in [-0.2, 0) is 9.59 Å². The van der Waals surface area contributed by atoms with E-state index in [4.69, 9.17) is 10.2 Å². The van der Waals surface area contributed by atoms with Crippen LogP contribution in [0.5, 0.6) is 0 Å². The first kappa shape index (κ1) is 21.1. The molecular weight excluding hydrogens is 336 g/mol. The van der Waals surface area contributed by atoms with Crippen LogP contribution in [0, 0.1) is 0 Å². The molecule has 0 aliphatic carbocycles. The summed E-state index contributed by atoms with van der Waals surface area (Å²) in [6.45, 7) is 11.1. The van der Waals surface area contributed by atoms with Gasteiger partial charge in [0.05, 0.1) is 12.8 Å². The molecule has 2 atom stereocenters. The van der Waals surface area contributed by atoms with E-state index in [1.165, 1.54) is 0 Å². The minimum atomic E-state index is -0.726. The van der Waals surface area contributed by atoms with Gasteiger partial charge in [-0.1, -0.05) is 0 Å². The highest BCUT2D eigenvalue weighted by Crippen LogP contribution is 2.07. The molecule has 0 aromatic carbocycles. The average Bonchev–Trinajstić information content (AvgIpc) is 2.61. The van der Waals surface area contributed by atoms with E-state index in [1.807, 2.05) is 0 Å². The molecule has 150 valence electrons. The number of aliphatic carboxylic acids is 2. The van der Waals surface area contributed by atoms with Gasteiger partial charge in [-0.3, -0.25) is 9.59 Å². The predicted molar refractivity (Wildman–Crippen MR) is 99.5 cm³/mol. The molecule has 0 radical (unpaired) electrons. The maximum Gasteiger partial charge on any atom is 0.304 e. The molecule has 26 heavy (non-hydrogen) atoms. The van der Waals surface area contributed by atoms with Crippen LogP contribution in [0.4, 0.5) is 0 Å². The molecule has 2 saturated heterocycles. The monoisotopic (exact) mass is 370 g/mol. The van der Waals surface area contributed by atoms with Crippen molar-refractivity contribution in [3.8, 4) is 0 Å². The zero-order valence-corrected chi connectivity index (χ0v) is 15.8. The van der Waals surface area contributed by atoms with Crippen LogP contribution in [0.1, 0.15) is 25.7 Å². The highest BCUT2D eigenvalue weighted by Gasteiger charge is 2.18. The number of carboxylic acid groups (broad SMARTS) is 2. The number of carbonyl (C=O) groups is 2. The molecule has 2 bridgehead atoms. The first-order valence-electron chi connectivity index (χ1n) is 9.86. The Kier molecular flexibility index (Phi) is 9.31. The maximum absolute atomic E-state index is 10.9. The standard InChI is InChI=1S/C18H34N4O4/c23-17(24)3-9-19-5-1-7-21-13-12-20(10-4-18(25)26)6-2-8-22(14-11-19)16-15-21/h1-16H2,(H,23,24)(H,25,26). The van der Waals surface area contributed by atoms with Gasteiger partial charge in [0.2, 0.25) is 0 Å². The normalized spacial score (nSPS) is 27.1. The van der Waals surface area contributed by atoms with Gasteiger partial charge in [0, 0.05) is 52.4 Å². The van der Waals surface area contributed by atoms with E-state index < -0.39 is 11.9 Å². The van der Waals surface area contributed by atoms with Crippen LogP contribution in [0.25, 0.3) is 0 Å².